The Kier molecular flexibility index (Phi) is 2.33. The van der Waals surface area contributed by atoms with E-state index in [1.54, 1.807) is 6.20 Å². The molecule has 66 valence electrons. The number of aromatic nitrogens is 2. The lowest BCUT2D eigenvalue weighted by Gasteiger charge is -2.08. The van der Waals surface area contributed by atoms with Gasteiger partial charge in [-0.15, -0.1) is 0 Å². The first-order valence-corrected chi connectivity index (χ1v) is 4.52. The van der Waals surface area contributed by atoms with Crippen LogP contribution >= 0.6 is 11.6 Å². The summed E-state index contributed by atoms with van der Waals surface area (Å²) in [6, 6.07) is 0. The number of rotatable bonds is 2. The second-order valence-electron chi connectivity index (χ2n) is 3.02. The summed E-state index contributed by atoms with van der Waals surface area (Å²) in [6.07, 6.45) is 6.11. The third-order valence-corrected chi connectivity index (χ3v) is 2.21. The zero-order valence-corrected chi connectivity index (χ0v) is 7.50. The highest BCUT2D eigenvalue weighted by molar-refractivity contribution is 6.30. The van der Waals surface area contributed by atoms with Crippen molar-refractivity contribution in [3.05, 3.63) is 17.4 Å². The summed E-state index contributed by atoms with van der Waals surface area (Å²) >= 11 is 5.72. The summed E-state index contributed by atoms with van der Waals surface area (Å²) in [5.41, 5.74) is 0. The van der Waals surface area contributed by atoms with Crippen molar-refractivity contribution in [3.8, 4) is 0 Å². The van der Waals surface area contributed by atoms with E-state index in [1.807, 2.05) is 10.9 Å². The van der Waals surface area contributed by atoms with Crippen molar-refractivity contribution in [2.75, 3.05) is 6.61 Å². The summed E-state index contributed by atoms with van der Waals surface area (Å²) in [5, 5.41) is 4.77. The number of hydrogen-bond acceptors (Lipinski definition) is 2. The molecule has 2 heterocycles. The Hall–Kier alpha value is -0.540. The summed E-state index contributed by atoms with van der Waals surface area (Å²) in [5.74, 6) is 0. The Morgan fingerprint density at radius 1 is 1.75 bits per heavy atom. The topological polar surface area (TPSA) is 27.1 Å². The predicted octanol–water partition coefficient (Wildman–Crippen LogP) is 1.72. The van der Waals surface area contributed by atoms with Crippen molar-refractivity contribution in [2.24, 2.45) is 0 Å². The van der Waals surface area contributed by atoms with Crippen LogP contribution in [-0.4, -0.2) is 22.5 Å². The molecular formula is C8H11ClN2O. The fraction of sp³-hybridized carbons (Fsp3) is 0.625. The monoisotopic (exact) mass is 186 g/mol. The molecule has 0 spiro atoms. The molecule has 1 aromatic rings. The minimum Gasteiger partial charge on any atom is -0.376 e. The first-order chi connectivity index (χ1) is 5.84. The van der Waals surface area contributed by atoms with Gasteiger partial charge in [-0.25, -0.2) is 0 Å². The first kappa shape index (κ1) is 8.08. The molecule has 0 aliphatic carbocycles. The number of ether oxygens (including phenoxy) is 1. The molecule has 1 fully saturated rings. The molecule has 0 aromatic carbocycles. The first-order valence-electron chi connectivity index (χ1n) is 4.14. The lowest BCUT2D eigenvalue weighted by Crippen LogP contribution is -2.14. The average molecular weight is 187 g/mol. The van der Waals surface area contributed by atoms with Crippen LogP contribution in [0.5, 0.6) is 0 Å². The van der Waals surface area contributed by atoms with Gasteiger partial charge in [-0.3, -0.25) is 4.68 Å². The molecule has 0 saturated carbocycles. The molecule has 1 aliphatic rings. The van der Waals surface area contributed by atoms with Crippen LogP contribution < -0.4 is 0 Å². The van der Waals surface area contributed by atoms with Gasteiger partial charge >= 0.3 is 0 Å². The van der Waals surface area contributed by atoms with Crippen LogP contribution in [-0.2, 0) is 11.3 Å². The van der Waals surface area contributed by atoms with Crippen molar-refractivity contribution in [3.63, 3.8) is 0 Å². The number of halogens is 1. The third-order valence-electron chi connectivity index (χ3n) is 2.02. The van der Waals surface area contributed by atoms with E-state index in [9.17, 15) is 0 Å². The van der Waals surface area contributed by atoms with Crippen LogP contribution in [0.25, 0.3) is 0 Å². The van der Waals surface area contributed by atoms with Crippen molar-refractivity contribution >= 4 is 11.6 Å². The van der Waals surface area contributed by atoms with Gasteiger partial charge < -0.3 is 4.74 Å². The zero-order valence-electron chi connectivity index (χ0n) is 6.74. The molecule has 1 atom stereocenters. The van der Waals surface area contributed by atoms with Crippen LogP contribution in [0.2, 0.25) is 5.02 Å². The molecule has 4 heteroatoms. The highest BCUT2D eigenvalue weighted by Gasteiger charge is 2.15. The molecule has 2 rings (SSSR count). The number of nitrogens with zero attached hydrogens (tertiary/aromatic N) is 2. The number of hydrogen-bond donors (Lipinski definition) is 0. The molecular weight excluding hydrogens is 176 g/mol. The molecule has 1 aliphatic heterocycles. The van der Waals surface area contributed by atoms with E-state index >= 15 is 0 Å². The fourth-order valence-corrected chi connectivity index (χ4v) is 1.59. The molecule has 0 N–H and O–H groups in total. The summed E-state index contributed by atoms with van der Waals surface area (Å²) in [6.45, 7) is 1.71. The third kappa shape index (κ3) is 1.79. The maximum atomic E-state index is 5.72. The highest BCUT2D eigenvalue weighted by atomic mass is 35.5. The van der Waals surface area contributed by atoms with Gasteiger partial charge in [0, 0.05) is 12.8 Å². The molecule has 0 amide bonds. The Morgan fingerprint density at radius 2 is 2.67 bits per heavy atom. The fourth-order valence-electron chi connectivity index (χ4n) is 1.44. The van der Waals surface area contributed by atoms with Crippen molar-refractivity contribution in [1.29, 1.82) is 0 Å². The maximum Gasteiger partial charge on any atom is 0.0785 e. The smallest absolute Gasteiger partial charge is 0.0785 e. The van der Waals surface area contributed by atoms with Gasteiger partial charge in [-0.05, 0) is 12.8 Å². The van der Waals surface area contributed by atoms with Crippen molar-refractivity contribution < 1.29 is 4.74 Å². The normalized spacial score (nSPS) is 23.2. The summed E-state index contributed by atoms with van der Waals surface area (Å²) < 4.78 is 7.29. The summed E-state index contributed by atoms with van der Waals surface area (Å²) in [4.78, 5) is 0. The van der Waals surface area contributed by atoms with Crippen LogP contribution in [0.3, 0.4) is 0 Å². The molecule has 0 unspecified atom stereocenters. The van der Waals surface area contributed by atoms with Crippen LogP contribution in [0.1, 0.15) is 12.8 Å². The van der Waals surface area contributed by atoms with Gasteiger partial charge in [0.25, 0.3) is 0 Å². The Labute approximate surface area is 76.3 Å². The predicted molar refractivity (Wildman–Crippen MR) is 46.2 cm³/mol. The van der Waals surface area contributed by atoms with E-state index in [-0.39, 0.29) is 0 Å². The molecule has 1 aromatic heterocycles. The minimum atomic E-state index is 0.334. The van der Waals surface area contributed by atoms with Crippen molar-refractivity contribution in [2.45, 2.75) is 25.5 Å². The van der Waals surface area contributed by atoms with E-state index in [2.05, 4.69) is 5.10 Å². The minimum absolute atomic E-state index is 0.334. The molecule has 1 saturated heterocycles. The Balaban J connectivity index is 1.94. The van der Waals surface area contributed by atoms with E-state index in [0.717, 1.165) is 19.6 Å². The SMILES string of the molecule is Clc1cnn(C[C@H]2CCCO2)c1. The van der Waals surface area contributed by atoms with E-state index < -0.39 is 0 Å². The van der Waals surface area contributed by atoms with Gasteiger partial charge in [0.2, 0.25) is 0 Å². The second-order valence-corrected chi connectivity index (χ2v) is 3.45. The Bertz CT molecular complexity index is 255. The van der Waals surface area contributed by atoms with Crippen LogP contribution in [0, 0.1) is 0 Å². The van der Waals surface area contributed by atoms with Crippen molar-refractivity contribution in [1.82, 2.24) is 9.78 Å². The Morgan fingerprint density at radius 3 is 3.25 bits per heavy atom. The van der Waals surface area contributed by atoms with E-state index in [1.165, 1.54) is 6.42 Å². The van der Waals surface area contributed by atoms with Gasteiger partial charge in [0.1, 0.15) is 0 Å². The largest absolute Gasteiger partial charge is 0.376 e. The zero-order chi connectivity index (χ0) is 8.39. The van der Waals surface area contributed by atoms with E-state index in [4.69, 9.17) is 16.3 Å². The standard InChI is InChI=1S/C8H11ClN2O/c9-7-4-10-11(5-7)6-8-2-1-3-12-8/h4-5,8H,1-3,6H2/t8-/m1/s1. The van der Waals surface area contributed by atoms with Crippen LogP contribution in [0.15, 0.2) is 12.4 Å². The van der Waals surface area contributed by atoms with Gasteiger partial charge in [-0.2, -0.15) is 5.10 Å². The molecule has 12 heavy (non-hydrogen) atoms. The molecule has 0 bridgehead atoms. The molecule has 0 radical (unpaired) electrons. The molecule has 3 nitrogen and oxygen atoms in total. The van der Waals surface area contributed by atoms with Gasteiger partial charge in [0.05, 0.1) is 23.9 Å². The lowest BCUT2D eigenvalue weighted by atomic mass is 10.2. The van der Waals surface area contributed by atoms with Gasteiger partial charge in [-0.1, -0.05) is 11.6 Å². The maximum absolute atomic E-state index is 5.72. The van der Waals surface area contributed by atoms with Gasteiger partial charge in [0.15, 0.2) is 0 Å². The lowest BCUT2D eigenvalue weighted by molar-refractivity contribution is 0.0940. The highest BCUT2D eigenvalue weighted by Crippen LogP contribution is 2.14. The van der Waals surface area contributed by atoms with Crippen LogP contribution in [0.4, 0.5) is 0 Å². The quantitative estimate of drug-likeness (QED) is 0.703. The second kappa shape index (κ2) is 3.46. The average Bonchev–Trinajstić information content (AvgIpc) is 2.63. The van der Waals surface area contributed by atoms with E-state index in [0.29, 0.717) is 11.1 Å². The summed E-state index contributed by atoms with van der Waals surface area (Å²) in [7, 11) is 0.